The van der Waals surface area contributed by atoms with E-state index in [-0.39, 0.29) is 0 Å². The third-order valence-electron chi connectivity index (χ3n) is 3.97. The average molecular weight is 232 g/mol. The Morgan fingerprint density at radius 3 is 2.47 bits per heavy atom. The molecule has 2 saturated heterocycles. The molecule has 2 aliphatic heterocycles. The van der Waals surface area contributed by atoms with E-state index in [1.807, 2.05) is 6.20 Å². The van der Waals surface area contributed by atoms with E-state index in [0.29, 0.717) is 5.92 Å². The van der Waals surface area contributed by atoms with Crippen molar-refractivity contribution in [2.45, 2.75) is 19.8 Å². The van der Waals surface area contributed by atoms with Crippen molar-refractivity contribution in [2.24, 2.45) is 11.8 Å². The minimum Gasteiger partial charge on any atom is -0.381 e. The molecule has 0 saturated carbocycles. The Bertz CT molecular complexity index is 376. The molecule has 3 nitrogen and oxygen atoms in total. The second-order valence-electron chi connectivity index (χ2n) is 5.56. The van der Waals surface area contributed by atoms with Gasteiger partial charge in [-0.25, -0.2) is 0 Å². The summed E-state index contributed by atoms with van der Waals surface area (Å²) in [6.45, 7) is 8.51. The summed E-state index contributed by atoms with van der Waals surface area (Å²) in [5.74, 6) is 1.98. The topological polar surface area (TPSA) is 25.4 Å². The molecule has 2 aliphatic rings. The number of nitrogens with zero attached hydrogens (tertiary/aromatic N) is 2. The van der Waals surface area contributed by atoms with Crippen LogP contribution in [0.2, 0.25) is 0 Å². The molecule has 0 amide bonds. The second-order valence-corrected chi connectivity index (χ2v) is 5.56. The zero-order valence-corrected chi connectivity index (χ0v) is 10.6. The first-order valence-corrected chi connectivity index (χ1v) is 6.52. The Morgan fingerprint density at radius 1 is 1.24 bits per heavy atom. The second kappa shape index (κ2) is 4.30. The van der Waals surface area contributed by atoms with E-state index in [0.717, 1.165) is 38.1 Å². The van der Waals surface area contributed by atoms with Crippen LogP contribution in [0.5, 0.6) is 0 Å². The molecule has 1 aromatic rings. The van der Waals surface area contributed by atoms with E-state index in [4.69, 9.17) is 4.74 Å². The fraction of sp³-hybridized carbons (Fsp3) is 0.643. The van der Waals surface area contributed by atoms with Gasteiger partial charge in [0.05, 0.1) is 25.1 Å². The molecule has 3 heterocycles. The average Bonchev–Trinajstić information content (AvgIpc) is 2.89. The Balaban J connectivity index is 1.73. The molecular formula is C14H20N2O. The predicted molar refractivity (Wildman–Crippen MR) is 68.3 cm³/mol. The lowest BCUT2D eigenvalue weighted by Crippen LogP contribution is -2.22. The van der Waals surface area contributed by atoms with Crippen LogP contribution in [0.3, 0.4) is 0 Å². The van der Waals surface area contributed by atoms with Crippen LogP contribution in [0.4, 0.5) is 5.69 Å². The van der Waals surface area contributed by atoms with Crippen LogP contribution in [-0.4, -0.2) is 31.3 Å². The first kappa shape index (κ1) is 11.0. The predicted octanol–water partition coefficient (Wildman–Crippen LogP) is 2.29. The molecule has 0 aliphatic carbocycles. The number of anilines is 1. The van der Waals surface area contributed by atoms with E-state index < -0.39 is 0 Å². The highest BCUT2D eigenvalue weighted by Gasteiger charge is 2.37. The number of hydrogen-bond acceptors (Lipinski definition) is 3. The largest absolute Gasteiger partial charge is 0.381 e. The quantitative estimate of drug-likeness (QED) is 0.782. The smallest absolute Gasteiger partial charge is 0.0553 e. The van der Waals surface area contributed by atoms with E-state index in [1.54, 1.807) is 0 Å². The molecule has 92 valence electrons. The van der Waals surface area contributed by atoms with Crippen LogP contribution in [-0.2, 0) is 4.74 Å². The number of rotatable bonds is 2. The number of hydrogen-bond donors (Lipinski definition) is 0. The van der Waals surface area contributed by atoms with Gasteiger partial charge in [-0.05, 0) is 18.1 Å². The van der Waals surface area contributed by atoms with E-state index in [9.17, 15) is 0 Å². The summed E-state index contributed by atoms with van der Waals surface area (Å²) in [4.78, 5) is 7.00. The molecule has 0 N–H and O–H groups in total. The number of ether oxygens (including phenoxy) is 1. The van der Waals surface area contributed by atoms with Gasteiger partial charge in [0, 0.05) is 30.6 Å². The normalized spacial score (nSPS) is 27.8. The first-order valence-electron chi connectivity index (χ1n) is 6.52. The summed E-state index contributed by atoms with van der Waals surface area (Å²) in [5, 5.41) is 0. The van der Waals surface area contributed by atoms with Crippen molar-refractivity contribution in [2.75, 3.05) is 31.2 Å². The van der Waals surface area contributed by atoms with Gasteiger partial charge in [0.1, 0.15) is 0 Å². The molecule has 2 fully saturated rings. The van der Waals surface area contributed by atoms with E-state index in [2.05, 4.69) is 35.9 Å². The number of aromatic nitrogens is 1. The Labute approximate surface area is 103 Å². The van der Waals surface area contributed by atoms with Gasteiger partial charge in [0.2, 0.25) is 0 Å². The molecule has 3 heteroatoms. The maximum absolute atomic E-state index is 5.50. The zero-order chi connectivity index (χ0) is 11.8. The van der Waals surface area contributed by atoms with Crippen molar-refractivity contribution in [3.05, 3.63) is 24.0 Å². The summed E-state index contributed by atoms with van der Waals surface area (Å²) < 4.78 is 5.50. The molecule has 3 rings (SSSR count). The van der Waals surface area contributed by atoms with Crippen molar-refractivity contribution in [1.82, 2.24) is 4.98 Å². The molecule has 0 bridgehead atoms. The van der Waals surface area contributed by atoms with Gasteiger partial charge in [-0.2, -0.15) is 0 Å². The minimum absolute atomic E-state index is 0.510. The van der Waals surface area contributed by atoms with Gasteiger partial charge in [0.15, 0.2) is 0 Å². The standard InChI is InChI=1S/C14H20N2O/c1-10(2)14-4-3-13(5-15-14)16-6-11-8-17-9-12(11)7-16/h3-5,10-12H,6-9H2,1-2H3. The van der Waals surface area contributed by atoms with Crippen LogP contribution in [0.1, 0.15) is 25.5 Å². The Kier molecular flexibility index (Phi) is 2.79. The molecule has 0 radical (unpaired) electrons. The van der Waals surface area contributed by atoms with Gasteiger partial charge < -0.3 is 9.64 Å². The SMILES string of the molecule is CC(C)c1ccc(N2CC3COCC3C2)cn1. The maximum Gasteiger partial charge on any atom is 0.0553 e. The molecule has 2 unspecified atom stereocenters. The van der Waals surface area contributed by atoms with Crippen molar-refractivity contribution >= 4 is 5.69 Å². The van der Waals surface area contributed by atoms with Crippen LogP contribution in [0, 0.1) is 11.8 Å². The van der Waals surface area contributed by atoms with E-state index >= 15 is 0 Å². The molecule has 0 aromatic carbocycles. The van der Waals surface area contributed by atoms with Crippen LogP contribution >= 0.6 is 0 Å². The Hall–Kier alpha value is -1.09. The fourth-order valence-electron chi connectivity index (χ4n) is 2.82. The highest BCUT2D eigenvalue weighted by atomic mass is 16.5. The monoisotopic (exact) mass is 232 g/mol. The summed E-state index contributed by atoms with van der Waals surface area (Å²) >= 11 is 0. The lowest BCUT2D eigenvalue weighted by atomic mass is 10.0. The molecule has 2 atom stereocenters. The van der Waals surface area contributed by atoms with Crippen molar-refractivity contribution < 1.29 is 4.74 Å². The summed E-state index contributed by atoms with van der Waals surface area (Å²) in [5.41, 5.74) is 2.44. The number of pyridine rings is 1. The van der Waals surface area contributed by atoms with Crippen molar-refractivity contribution in [1.29, 1.82) is 0 Å². The number of fused-ring (bicyclic) bond motifs is 1. The summed E-state index contributed by atoms with van der Waals surface area (Å²) in [6.07, 6.45) is 2.03. The highest BCUT2D eigenvalue weighted by Crippen LogP contribution is 2.32. The Morgan fingerprint density at radius 2 is 1.94 bits per heavy atom. The lowest BCUT2D eigenvalue weighted by Gasteiger charge is -2.19. The molecule has 17 heavy (non-hydrogen) atoms. The van der Waals surface area contributed by atoms with Crippen molar-refractivity contribution in [3.8, 4) is 0 Å². The van der Waals surface area contributed by atoms with Crippen molar-refractivity contribution in [3.63, 3.8) is 0 Å². The van der Waals surface area contributed by atoms with Crippen LogP contribution in [0.15, 0.2) is 18.3 Å². The van der Waals surface area contributed by atoms with Crippen LogP contribution in [0.25, 0.3) is 0 Å². The molecule has 1 aromatic heterocycles. The van der Waals surface area contributed by atoms with Gasteiger partial charge in [0.25, 0.3) is 0 Å². The first-order chi connectivity index (χ1) is 8.24. The summed E-state index contributed by atoms with van der Waals surface area (Å²) in [6, 6.07) is 4.37. The summed E-state index contributed by atoms with van der Waals surface area (Å²) in [7, 11) is 0. The molecular weight excluding hydrogens is 212 g/mol. The fourth-order valence-corrected chi connectivity index (χ4v) is 2.82. The van der Waals surface area contributed by atoms with Gasteiger partial charge in [-0.3, -0.25) is 4.98 Å². The maximum atomic E-state index is 5.50. The van der Waals surface area contributed by atoms with Gasteiger partial charge >= 0.3 is 0 Å². The van der Waals surface area contributed by atoms with Crippen LogP contribution < -0.4 is 4.90 Å². The van der Waals surface area contributed by atoms with E-state index in [1.165, 1.54) is 11.4 Å². The zero-order valence-electron chi connectivity index (χ0n) is 10.6. The van der Waals surface area contributed by atoms with Gasteiger partial charge in [-0.15, -0.1) is 0 Å². The third kappa shape index (κ3) is 2.04. The molecule has 0 spiro atoms. The third-order valence-corrected chi connectivity index (χ3v) is 3.97. The lowest BCUT2D eigenvalue weighted by molar-refractivity contribution is 0.177. The van der Waals surface area contributed by atoms with Gasteiger partial charge in [-0.1, -0.05) is 13.8 Å². The highest BCUT2D eigenvalue weighted by molar-refractivity contribution is 5.46. The minimum atomic E-state index is 0.510.